The standard InChI is InChI=1S/C10H13ClN2OS.Na/c11-9-8(15)1-3-12-10(9)13-4-2-7(5-13)6-14;/h1,3,7,14H,2,4-6H2,(H,12,15);/t7-;/m0./s1. The molecular weight excluding hydrogens is 255 g/mol. The molecule has 1 aliphatic rings. The number of halogens is 1. The molecule has 0 spiro atoms. The predicted molar refractivity (Wildman–Crippen MR) is 69.8 cm³/mol. The van der Waals surface area contributed by atoms with E-state index in [0.717, 1.165) is 25.3 Å². The van der Waals surface area contributed by atoms with Crippen molar-refractivity contribution in [1.82, 2.24) is 4.98 Å². The molecule has 0 bridgehead atoms. The zero-order valence-electron chi connectivity index (χ0n) is 9.24. The molecule has 0 unspecified atom stereocenters. The summed E-state index contributed by atoms with van der Waals surface area (Å²) in [6, 6.07) is 1.78. The molecule has 1 aliphatic heterocycles. The first kappa shape index (κ1) is 14.5. The van der Waals surface area contributed by atoms with Crippen molar-refractivity contribution in [2.75, 3.05) is 24.6 Å². The zero-order valence-corrected chi connectivity index (χ0v) is 12.8. The number of anilines is 1. The van der Waals surface area contributed by atoms with Gasteiger partial charge in [0.1, 0.15) is 5.82 Å². The summed E-state index contributed by atoms with van der Waals surface area (Å²) in [5, 5.41) is 9.67. The number of aromatic amines is 1. The molecule has 1 radical (unpaired) electrons. The van der Waals surface area contributed by atoms with Crippen LogP contribution >= 0.6 is 23.8 Å². The second-order valence-electron chi connectivity index (χ2n) is 3.79. The van der Waals surface area contributed by atoms with Gasteiger partial charge in [-0.1, -0.05) is 23.8 Å². The van der Waals surface area contributed by atoms with Gasteiger partial charge in [-0.3, -0.25) is 0 Å². The molecule has 2 rings (SSSR count). The van der Waals surface area contributed by atoms with E-state index in [1.807, 2.05) is 0 Å². The van der Waals surface area contributed by atoms with Crippen LogP contribution in [0.5, 0.6) is 0 Å². The van der Waals surface area contributed by atoms with Crippen molar-refractivity contribution >= 4 is 59.2 Å². The molecule has 1 atom stereocenters. The Hall–Kier alpha value is 0.420. The SMILES string of the molecule is OC[C@H]1CCN(c2[nH]ccc(=S)c2Cl)C1.[Na]. The van der Waals surface area contributed by atoms with Crippen LogP contribution in [0.4, 0.5) is 5.82 Å². The third-order valence-corrected chi connectivity index (χ3v) is 3.57. The third-order valence-electron chi connectivity index (χ3n) is 2.74. The van der Waals surface area contributed by atoms with Crippen molar-refractivity contribution in [3.63, 3.8) is 0 Å². The van der Waals surface area contributed by atoms with E-state index >= 15 is 0 Å². The third kappa shape index (κ3) is 3.00. The smallest absolute Gasteiger partial charge is 0.126 e. The van der Waals surface area contributed by atoms with Gasteiger partial charge in [0.15, 0.2) is 0 Å². The van der Waals surface area contributed by atoms with Gasteiger partial charge in [0.2, 0.25) is 0 Å². The Morgan fingerprint density at radius 3 is 3.00 bits per heavy atom. The van der Waals surface area contributed by atoms with Crippen molar-refractivity contribution < 1.29 is 5.11 Å². The van der Waals surface area contributed by atoms with E-state index in [9.17, 15) is 0 Å². The Bertz CT molecular complexity index is 412. The summed E-state index contributed by atoms with van der Waals surface area (Å²) in [6.45, 7) is 1.99. The number of aliphatic hydroxyl groups excluding tert-OH is 1. The van der Waals surface area contributed by atoms with E-state index in [4.69, 9.17) is 28.9 Å². The maximum atomic E-state index is 9.06. The topological polar surface area (TPSA) is 39.3 Å². The Morgan fingerprint density at radius 2 is 2.38 bits per heavy atom. The van der Waals surface area contributed by atoms with Gasteiger partial charge in [0, 0.05) is 61.4 Å². The van der Waals surface area contributed by atoms with Crippen molar-refractivity contribution in [1.29, 1.82) is 0 Å². The number of aromatic nitrogens is 1. The molecule has 2 N–H and O–H groups in total. The fourth-order valence-electron chi connectivity index (χ4n) is 1.86. The molecule has 2 heterocycles. The molecule has 1 aromatic heterocycles. The molecule has 16 heavy (non-hydrogen) atoms. The summed E-state index contributed by atoms with van der Waals surface area (Å²) in [5.74, 6) is 1.23. The summed E-state index contributed by atoms with van der Waals surface area (Å²) >= 11 is 11.2. The van der Waals surface area contributed by atoms with Crippen LogP contribution in [0.2, 0.25) is 5.02 Å². The number of aliphatic hydroxyl groups is 1. The van der Waals surface area contributed by atoms with Crippen LogP contribution in [0, 0.1) is 10.4 Å². The molecule has 1 fully saturated rings. The summed E-state index contributed by atoms with van der Waals surface area (Å²) in [6.07, 6.45) is 2.80. The maximum absolute atomic E-state index is 9.06. The molecule has 6 heteroatoms. The Balaban J connectivity index is 0.00000128. The van der Waals surface area contributed by atoms with Crippen molar-refractivity contribution in [2.45, 2.75) is 6.42 Å². The molecule has 1 saturated heterocycles. The number of hydrogen-bond acceptors (Lipinski definition) is 3. The summed E-state index contributed by atoms with van der Waals surface area (Å²) < 4.78 is 0.665. The minimum absolute atomic E-state index is 0. The van der Waals surface area contributed by atoms with Crippen LogP contribution in [-0.2, 0) is 0 Å². The zero-order chi connectivity index (χ0) is 10.8. The number of hydrogen-bond donors (Lipinski definition) is 2. The number of pyridine rings is 1. The van der Waals surface area contributed by atoms with E-state index in [-0.39, 0.29) is 36.2 Å². The first-order valence-corrected chi connectivity index (χ1v) is 5.74. The van der Waals surface area contributed by atoms with E-state index in [0.29, 0.717) is 15.5 Å². The van der Waals surface area contributed by atoms with Crippen LogP contribution in [0.15, 0.2) is 12.3 Å². The average molecular weight is 268 g/mol. The van der Waals surface area contributed by atoms with Gasteiger partial charge in [0.25, 0.3) is 0 Å². The number of nitrogens with one attached hydrogen (secondary N) is 1. The van der Waals surface area contributed by atoms with Crippen LogP contribution in [0.1, 0.15) is 6.42 Å². The normalized spacial score (nSPS) is 19.6. The van der Waals surface area contributed by atoms with E-state index in [2.05, 4.69) is 9.88 Å². The second-order valence-corrected chi connectivity index (χ2v) is 4.61. The largest absolute Gasteiger partial charge is 0.396 e. The van der Waals surface area contributed by atoms with E-state index in [1.54, 1.807) is 12.3 Å². The summed E-state index contributed by atoms with van der Waals surface area (Å²) in [7, 11) is 0. The number of rotatable bonds is 2. The first-order valence-electron chi connectivity index (χ1n) is 4.95. The molecule has 83 valence electrons. The minimum atomic E-state index is 0. The summed E-state index contributed by atoms with van der Waals surface area (Å²) in [4.78, 5) is 5.25. The Kier molecular flexibility index (Phi) is 5.77. The van der Waals surface area contributed by atoms with Crippen LogP contribution in [0.3, 0.4) is 0 Å². The van der Waals surface area contributed by atoms with E-state index in [1.165, 1.54) is 0 Å². The fourth-order valence-corrected chi connectivity index (χ4v) is 2.27. The van der Waals surface area contributed by atoms with E-state index < -0.39 is 0 Å². The average Bonchev–Trinajstić information content (AvgIpc) is 2.70. The molecule has 0 aliphatic carbocycles. The summed E-state index contributed by atoms with van der Waals surface area (Å²) in [5.41, 5.74) is 0. The van der Waals surface area contributed by atoms with Crippen molar-refractivity contribution in [2.24, 2.45) is 5.92 Å². The molecule has 0 saturated carbocycles. The fraction of sp³-hybridized carbons (Fsp3) is 0.500. The van der Waals surface area contributed by atoms with Gasteiger partial charge in [-0.2, -0.15) is 0 Å². The van der Waals surface area contributed by atoms with Crippen LogP contribution in [0.25, 0.3) is 0 Å². The van der Waals surface area contributed by atoms with Gasteiger partial charge in [-0.15, -0.1) is 0 Å². The van der Waals surface area contributed by atoms with Crippen molar-refractivity contribution in [3.05, 3.63) is 21.8 Å². The van der Waals surface area contributed by atoms with Crippen LogP contribution < -0.4 is 4.90 Å². The number of nitrogens with zero attached hydrogens (tertiary/aromatic N) is 1. The van der Waals surface area contributed by atoms with Gasteiger partial charge in [-0.25, -0.2) is 0 Å². The molecule has 1 aromatic rings. The van der Waals surface area contributed by atoms with Gasteiger partial charge in [-0.05, 0) is 12.5 Å². The molecular formula is C10H13ClN2NaOS. The Labute approximate surface area is 127 Å². The molecule has 3 nitrogen and oxygen atoms in total. The predicted octanol–water partition coefficient (Wildman–Crippen LogP) is 1.84. The monoisotopic (exact) mass is 267 g/mol. The van der Waals surface area contributed by atoms with Gasteiger partial charge in [0.05, 0.1) is 9.53 Å². The minimum Gasteiger partial charge on any atom is -0.396 e. The number of H-pyrrole nitrogens is 1. The van der Waals surface area contributed by atoms with Crippen LogP contribution in [-0.4, -0.2) is 59.3 Å². The maximum Gasteiger partial charge on any atom is 0.126 e. The second kappa shape index (κ2) is 6.38. The van der Waals surface area contributed by atoms with Gasteiger partial charge >= 0.3 is 0 Å². The first-order chi connectivity index (χ1) is 7.22. The van der Waals surface area contributed by atoms with Crippen molar-refractivity contribution in [3.8, 4) is 0 Å². The van der Waals surface area contributed by atoms with Gasteiger partial charge < -0.3 is 15.0 Å². The Morgan fingerprint density at radius 1 is 1.62 bits per heavy atom. The quantitative estimate of drug-likeness (QED) is 0.634. The molecule has 0 amide bonds. The molecule has 0 aromatic carbocycles.